The van der Waals surface area contributed by atoms with Gasteiger partial charge in [-0.2, -0.15) is 0 Å². The molecule has 0 aromatic heterocycles. The highest BCUT2D eigenvalue weighted by atomic mass is 16.7. The van der Waals surface area contributed by atoms with E-state index in [0.717, 1.165) is 5.71 Å². The van der Waals surface area contributed by atoms with Crippen LogP contribution in [0.1, 0.15) is 20.8 Å². The van der Waals surface area contributed by atoms with E-state index in [2.05, 4.69) is 9.99 Å². The van der Waals surface area contributed by atoms with Crippen LogP contribution in [0.4, 0.5) is 0 Å². The van der Waals surface area contributed by atoms with Crippen LogP contribution in [-0.2, 0) is 9.63 Å². The zero-order chi connectivity index (χ0) is 9.35. The first kappa shape index (κ1) is 9.19. The van der Waals surface area contributed by atoms with Crippen molar-refractivity contribution in [2.45, 2.75) is 20.8 Å². The first-order valence-electron chi connectivity index (χ1n) is 3.98. The summed E-state index contributed by atoms with van der Waals surface area (Å²) in [6, 6.07) is 0. The van der Waals surface area contributed by atoms with Crippen LogP contribution in [0.5, 0.6) is 0 Å². The molecule has 0 saturated carbocycles. The number of oxime groups is 1. The van der Waals surface area contributed by atoms with Gasteiger partial charge in [-0.1, -0.05) is 19.0 Å². The second-order valence-corrected chi connectivity index (χ2v) is 3.70. The molecule has 0 bridgehead atoms. The smallest absolute Gasteiger partial charge is 0.330 e. The Labute approximate surface area is 71.8 Å². The van der Waals surface area contributed by atoms with Gasteiger partial charge in [-0.15, -0.1) is 0 Å². The summed E-state index contributed by atoms with van der Waals surface area (Å²) in [5.74, 6) is -0.532. The monoisotopic (exact) mass is 170 g/mol. The maximum Gasteiger partial charge on any atom is 0.343 e. The van der Waals surface area contributed by atoms with Gasteiger partial charge in [0.2, 0.25) is 0 Å². The van der Waals surface area contributed by atoms with E-state index >= 15 is 0 Å². The number of nitrogens with zero attached hydrogens (tertiary/aromatic N) is 1. The van der Waals surface area contributed by atoms with Gasteiger partial charge in [-0.25, -0.2) is 4.79 Å². The molecule has 1 heterocycles. The normalized spacial score (nSPS) is 23.8. The van der Waals surface area contributed by atoms with Gasteiger partial charge >= 0.3 is 5.97 Å². The zero-order valence-electron chi connectivity index (χ0n) is 7.63. The van der Waals surface area contributed by atoms with Crippen molar-refractivity contribution in [1.29, 1.82) is 0 Å². The summed E-state index contributed by atoms with van der Waals surface area (Å²) in [5.41, 5.74) is 6.05. The molecule has 0 aromatic carbocycles. The number of hydrogen-bond donors (Lipinski definition) is 1. The number of hydrogen-bond acceptors (Lipinski definition) is 4. The summed E-state index contributed by atoms with van der Waals surface area (Å²) in [4.78, 5) is 15.5. The molecular formula is C8H14N2O2. The Kier molecular flexibility index (Phi) is 2.19. The van der Waals surface area contributed by atoms with E-state index in [1.807, 2.05) is 13.8 Å². The molecule has 4 heteroatoms. The van der Waals surface area contributed by atoms with Crippen molar-refractivity contribution in [3.05, 3.63) is 0 Å². The first-order valence-corrected chi connectivity index (χ1v) is 3.98. The minimum Gasteiger partial charge on any atom is -0.330 e. The van der Waals surface area contributed by atoms with Crippen LogP contribution in [0.2, 0.25) is 0 Å². The highest BCUT2D eigenvalue weighted by Gasteiger charge is 2.37. The molecule has 0 saturated heterocycles. The van der Waals surface area contributed by atoms with Crippen molar-refractivity contribution >= 4 is 11.7 Å². The Morgan fingerprint density at radius 1 is 1.67 bits per heavy atom. The van der Waals surface area contributed by atoms with E-state index in [1.54, 1.807) is 6.92 Å². The zero-order valence-corrected chi connectivity index (χ0v) is 7.63. The van der Waals surface area contributed by atoms with E-state index in [-0.39, 0.29) is 17.3 Å². The Bertz CT molecular complexity index is 233. The van der Waals surface area contributed by atoms with Crippen LogP contribution in [0, 0.1) is 11.3 Å². The van der Waals surface area contributed by atoms with Crippen molar-refractivity contribution in [1.82, 2.24) is 0 Å². The predicted molar refractivity (Wildman–Crippen MR) is 45.5 cm³/mol. The molecule has 1 rings (SSSR count). The third-order valence-corrected chi connectivity index (χ3v) is 2.20. The first-order chi connectivity index (χ1) is 5.49. The Balaban J connectivity index is 2.84. The molecule has 2 N–H and O–H groups in total. The molecular weight excluding hydrogens is 156 g/mol. The number of carbonyl (C=O) groups is 1. The molecule has 0 fully saturated rings. The highest BCUT2D eigenvalue weighted by Crippen LogP contribution is 2.26. The van der Waals surface area contributed by atoms with Crippen molar-refractivity contribution < 1.29 is 9.63 Å². The molecule has 0 radical (unpaired) electrons. The average Bonchev–Trinajstić information content (AvgIpc) is 2.33. The van der Waals surface area contributed by atoms with Gasteiger partial charge < -0.3 is 10.6 Å². The lowest BCUT2D eigenvalue weighted by molar-refractivity contribution is -0.142. The van der Waals surface area contributed by atoms with Gasteiger partial charge in [0.25, 0.3) is 0 Å². The average molecular weight is 170 g/mol. The summed E-state index contributed by atoms with van der Waals surface area (Å²) in [6.07, 6.45) is 0. The Hall–Kier alpha value is -0.900. The summed E-state index contributed by atoms with van der Waals surface area (Å²) < 4.78 is 0. The van der Waals surface area contributed by atoms with E-state index in [9.17, 15) is 4.79 Å². The van der Waals surface area contributed by atoms with E-state index in [4.69, 9.17) is 5.73 Å². The highest BCUT2D eigenvalue weighted by molar-refractivity contribution is 6.07. The van der Waals surface area contributed by atoms with Crippen molar-refractivity contribution in [2.24, 2.45) is 22.2 Å². The molecule has 0 aliphatic carbocycles. The Morgan fingerprint density at radius 3 is 2.58 bits per heavy atom. The second kappa shape index (κ2) is 2.86. The molecule has 0 aromatic rings. The van der Waals surface area contributed by atoms with Gasteiger partial charge in [0.1, 0.15) is 0 Å². The topological polar surface area (TPSA) is 64.7 Å². The molecule has 4 nitrogen and oxygen atoms in total. The molecule has 68 valence electrons. The summed E-state index contributed by atoms with van der Waals surface area (Å²) >= 11 is 0. The van der Waals surface area contributed by atoms with Gasteiger partial charge in [0.15, 0.2) is 0 Å². The van der Waals surface area contributed by atoms with Gasteiger partial charge in [-0.05, 0) is 6.92 Å². The van der Waals surface area contributed by atoms with Crippen LogP contribution in [0.15, 0.2) is 5.16 Å². The fourth-order valence-electron chi connectivity index (χ4n) is 1.18. The molecule has 0 spiro atoms. The van der Waals surface area contributed by atoms with Crippen molar-refractivity contribution in [3.8, 4) is 0 Å². The van der Waals surface area contributed by atoms with Gasteiger partial charge in [0.05, 0.1) is 11.6 Å². The van der Waals surface area contributed by atoms with Crippen molar-refractivity contribution in [2.75, 3.05) is 6.54 Å². The van der Waals surface area contributed by atoms with Crippen LogP contribution in [0.3, 0.4) is 0 Å². The number of carbonyl (C=O) groups excluding carboxylic acids is 1. The SMILES string of the molecule is CC1C(=O)ON=C1C(C)(C)CN. The number of rotatable bonds is 2. The molecule has 1 aliphatic rings. The maximum atomic E-state index is 11.0. The minimum atomic E-state index is -0.286. The number of nitrogens with two attached hydrogens (primary N) is 1. The maximum absolute atomic E-state index is 11.0. The predicted octanol–water partition coefficient (Wildman–Crippen LogP) is 0.520. The second-order valence-electron chi connectivity index (χ2n) is 3.70. The van der Waals surface area contributed by atoms with Gasteiger partial charge in [-0.3, -0.25) is 0 Å². The van der Waals surface area contributed by atoms with Crippen LogP contribution in [0.25, 0.3) is 0 Å². The summed E-state index contributed by atoms with van der Waals surface area (Å²) in [6.45, 7) is 6.15. The van der Waals surface area contributed by atoms with Gasteiger partial charge in [0, 0.05) is 12.0 Å². The fourth-order valence-corrected chi connectivity index (χ4v) is 1.18. The summed E-state index contributed by atoms with van der Waals surface area (Å²) in [5, 5.41) is 3.73. The quantitative estimate of drug-likeness (QED) is 0.614. The fraction of sp³-hybridized carbons (Fsp3) is 0.750. The standard InChI is InChI=1S/C8H14N2O2/c1-5-6(8(2,3)4-9)10-12-7(5)11/h5H,4,9H2,1-3H3. The van der Waals surface area contributed by atoms with Crippen LogP contribution >= 0.6 is 0 Å². The van der Waals surface area contributed by atoms with Crippen LogP contribution in [-0.4, -0.2) is 18.2 Å². The van der Waals surface area contributed by atoms with E-state index in [0.29, 0.717) is 6.54 Å². The molecule has 0 amide bonds. The van der Waals surface area contributed by atoms with E-state index < -0.39 is 0 Å². The molecule has 1 unspecified atom stereocenters. The molecule has 1 atom stereocenters. The molecule has 12 heavy (non-hydrogen) atoms. The lowest BCUT2D eigenvalue weighted by atomic mass is 9.81. The van der Waals surface area contributed by atoms with E-state index in [1.165, 1.54) is 0 Å². The minimum absolute atomic E-state index is 0.244. The molecule has 1 aliphatic heterocycles. The lowest BCUT2D eigenvalue weighted by Gasteiger charge is -2.22. The lowest BCUT2D eigenvalue weighted by Crippen LogP contribution is -2.36. The third-order valence-electron chi connectivity index (χ3n) is 2.20. The Morgan fingerprint density at radius 2 is 2.25 bits per heavy atom. The van der Waals surface area contributed by atoms with Crippen molar-refractivity contribution in [3.63, 3.8) is 0 Å². The van der Waals surface area contributed by atoms with Crippen LogP contribution < -0.4 is 5.73 Å². The largest absolute Gasteiger partial charge is 0.343 e. The third kappa shape index (κ3) is 1.34. The summed E-state index contributed by atoms with van der Waals surface area (Å²) in [7, 11) is 0.